The van der Waals surface area contributed by atoms with E-state index >= 15 is 0 Å². The summed E-state index contributed by atoms with van der Waals surface area (Å²) in [6.07, 6.45) is -3.72. The van der Waals surface area contributed by atoms with Gasteiger partial charge in [-0.1, -0.05) is 30.3 Å². The summed E-state index contributed by atoms with van der Waals surface area (Å²) in [7, 11) is 0. The number of ether oxygens (including phenoxy) is 1. The zero-order valence-electron chi connectivity index (χ0n) is 16.5. The van der Waals surface area contributed by atoms with Gasteiger partial charge in [0.25, 0.3) is 5.88 Å². The van der Waals surface area contributed by atoms with Crippen LogP contribution < -0.4 is 4.94 Å². The van der Waals surface area contributed by atoms with E-state index in [1.54, 1.807) is 6.92 Å². The fourth-order valence-electron chi connectivity index (χ4n) is 2.59. The van der Waals surface area contributed by atoms with Crippen LogP contribution in [0, 0.1) is 0 Å². The van der Waals surface area contributed by atoms with Crippen LogP contribution in [0.15, 0.2) is 60.8 Å². The Kier molecular flexibility index (Phi) is 9.10. The lowest BCUT2D eigenvalue weighted by molar-refractivity contribution is -0.142. The van der Waals surface area contributed by atoms with Crippen molar-refractivity contribution in [3.05, 3.63) is 66.5 Å². The molecule has 3 aromatic rings. The number of para-hydroxylation sites is 1. The van der Waals surface area contributed by atoms with Crippen molar-refractivity contribution in [3.63, 3.8) is 0 Å². The number of alkyl halides is 3. The zero-order chi connectivity index (χ0) is 22.9. The first-order valence-electron chi connectivity index (χ1n) is 9.32. The fraction of sp³-hybridized carbons (Fsp3) is 0.333. The molecule has 0 radical (unpaired) electrons. The molecule has 4 rings (SSSR count). The van der Waals surface area contributed by atoms with Gasteiger partial charge in [-0.3, -0.25) is 9.93 Å². The normalized spacial score (nSPS) is 20.7. The molecule has 2 aromatic heterocycles. The van der Waals surface area contributed by atoms with Gasteiger partial charge < -0.3 is 14.9 Å². The molecule has 0 amide bonds. The fourth-order valence-corrected chi connectivity index (χ4v) is 2.59. The van der Waals surface area contributed by atoms with E-state index in [1.807, 2.05) is 30.5 Å². The van der Waals surface area contributed by atoms with E-state index in [9.17, 15) is 17.7 Å². The zero-order valence-corrected chi connectivity index (χ0v) is 16.5. The second kappa shape index (κ2) is 11.5. The Morgan fingerprint density at radius 3 is 2.35 bits per heavy atom. The summed E-state index contributed by atoms with van der Waals surface area (Å²) in [6.45, 7) is 2.31. The van der Waals surface area contributed by atoms with Gasteiger partial charge in [-0.05, 0) is 31.5 Å². The monoisotopic (exact) mass is 442 g/mol. The number of benzene rings is 1. The molecule has 1 aliphatic rings. The van der Waals surface area contributed by atoms with E-state index in [-0.39, 0.29) is 6.10 Å². The van der Waals surface area contributed by atoms with E-state index in [4.69, 9.17) is 14.9 Å². The van der Waals surface area contributed by atoms with E-state index in [0.29, 0.717) is 13.0 Å². The summed E-state index contributed by atoms with van der Waals surface area (Å²) >= 11 is 0. The van der Waals surface area contributed by atoms with Gasteiger partial charge in [-0.25, -0.2) is 4.98 Å². The third-order valence-corrected chi connectivity index (χ3v) is 4.27. The molecule has 1 fully saturated rings. The van der Waals surface area contributed by atoms with E-state index in [1.165, 1.54) is 5.39 Å². The van der Waals surface area contributed by atoms with Crippen molar-refractivity contribution in [2.45, 2.75) is 37.8 Å². The van der Waals surface area contributed by atoms with Crippen LogP contribution >= 0.6 is 0 Å². The highest BCUT2D eigenvalue weighted by Gasteiger charge is 2.32. The highest BCUT2D eigenvalue weighted by molar-refractivity contribution is 5.77. The van der Waals surface area contributed by atoms with Crippen molar-refractivity contribution in [1.29, 1.82) is 0 Å². The van der Waals surface area contributed by atoms with Crippen LogP contribution in [0.1, 0.15) is 19.0 Å². The lowest BCUT2D eigenvalue weighted by Gasteiger charge is -2.29. The Morgan fingerprint density at radius 2 is 1.74 bits per heavy atom. The molecule has 3 heterocycles. The first-order valence-corrected chi connectivity index (χ1v) is 9.32. The van der Waals surface area contributed by atoms with Crippen LogP contribution in [0.3, 0.4) is 0 Å². The van der Waals surface area contributed by atoms with Crippen molar-refractivity contribution >= 4 is 10.9 Å². The number of aliphatic hydroxyl groups excluding tert-OH is 2. The van der Waals surface area contributed by atoms with Gasteiger partial charge in [0.05, 0.1) is 17.7 Å². The lowest BCUT2D eigenvalue weighted by Crippen LogP contribution is -2.42. The number of nitrogens with zero attached hydrogens (tertiary/aromatic N) is 2. The molecule has 168 valence electrons. The molecule has 0 saturated carbocycles. The molecule has 31 heavy (non-hydrogen) atoms. The van der Waals surface area contributed by atoms with Crippen molar-refractivity contribution < 1.29 is 37.6 Å². The number of rotatable bonds is 1. The molecule has 1 saturated heterocycles. The maximum Gasteiger partial charge on any atom is 0.433 e. The standard InChI is InChI=1S/C9H7N.C6H3F4NO.C6H12O3/c1-2-6-9-8(4-1)5-3-7-10-9;7-6(8,9)4-2-1-3-5(11-4)12-10;1-4-6(8)5(7)2-3-9-4/h1-7H;1-3H;4-8H,2-3H2,1H3. The van der Waals surface area contributed by atoms with Crippen molar-refractivity contribution in [3.8, 4) is 5.88 Å². The second-order valence-electron chi connectivity index (χ2n) is 6.55. The first kappa shape index (κ1) is 24.4. The van der Waals surface area contributed by atoms with Gasteiger partial charge in [0, 0.05) is 28.8 Å². The molecule has 1 aliphatic heterocycles. The number of aromatic nitrogens is 2. The van der Waals surface area contributed by atoms with Crippen LogP contribution in [0.4, 0.5) is 17.7 Å². The third kappa shape index (κ3) is 7.74. The molecule has 6 nitrogen and oxygen atoms in total. The topological polar surface area (TPSA) is 84.7 Å². The molecule has 0 spiro atoms. The van der Waals surface area contributed by atoms with Gasteiger partial charge in [0.15, 0.2) is 0 Å². The highest BCUT2D eigenvalue weighted by Crippen LogP contribution is 2.28. The maximum absolute atomic E-state index is 11.9. The van der Waals surface area contributed by atoms with E-state index in [2.05, 4.69) is 27.0 Å². The van der Waals surface area contributed by atoms with Crippen LogP contribution in [0.2, 0.25) is 0 Å². The number of halogens is 4. The molecule has 2 N–H and O–H groups in total. The summed E-state index contributed by atoms with van der Waals surface area (Å²) in [5, 5.41) is 19.3. The second-order valence-corrected chi connectivity index (χ2v) is 6.55. The highest BCUT2D eigenvalue weighted by atomic mass is 19.4. The Hall–Kier alpha value is -2.82. The molecule has 0 bridgehead atoms. The number of fused-ring (bicyclic) bond motifs is 1. The number of pyridine rings is 2. The first-order chi connectivity index (χ1) is 14.7. The molecule has 10 heteroatoms. The van der Waals surface area contributed by atoms with Gasteiger partial charge in [-0.15, -0.1) is 0 Å². The Balaban J connectivity index is 0.000000167. The van der Waals surface area contributed by atoms with Gasteiger partial charge in [0.2, 0.25) is 0 Å². The molecule has 3 atom stereocenters. The summed E-state index contributed by atoms with van der Waals surface area (Å²) < 4.78 is 52.0. The number of hydrogen-bond acceptors (Lipinski definition) is 6. The van der Waals surface area contributed by atoms with Gasteiger partial charge >= 0.3 is 6.18 Å². The average Bonchev–Trinajstić information content (AvgIpc) is 2.78. The minimum Gasteiger partial charge on any atom is -0.390 e. The molecular formula is C21H22F4N2O4. The Bertz CT molecular complexity index is 867. The smallest absolute Gasteiger partial charge is 0.390 e. The quantitative estimate of drug-likeness (QED) is 0.552. The predicted molar refractivity (Wildman–Crippen MR) is 105 cm³/mol. The minimum atomic E-state index is -4.57. The van der Waals surface area contributed by atoms with Crippen LogP contribution in [0.25, 0.3) is 10.9 Å². The Labute approximate surface area is 176 Å². The van der Waals surface area contributed by atoms with Crippen LogP contribution in [0.5, 0.6) is 5.88 Å². The predicted octanol–water partition coefficient (Wildman–Crippen LogP) is 4.12. The minimum absolute atomic E-state index is 0.214. The maximum atomic E-state index is 11.9. The SMILES string of the molecule is CC1OCCC(O)C1O.FOc1cccc(C(F)(F)F)n1.c1ccc2ncccc2c1. The van der Waals surface area contributed by atoms with Crippen molar-refractivity contribution in [1.82, 2.24) is 9.97 Å². The van der Waals surface area contributed by atoms with Crippen LogP contribution in [-0.2, 0) is 10.9 Å². The molecule has 3 unspecified atom stereocenters. The van der Waals surface area contributed by atoms with E-state index in [0.717, 1.165) is 23.7 Å². The lowest BCUT2D eigenvalue weighted by atomic mass is 10.0. The van der Waals surface area contributed by atoms with Gasteiger partial charge in [-0.2, -0.15) is 13.2 Å². The summed E-state index contributed by atoms with van der Waals surface area (Å²) in [5.74, 6) is -0.704. The molecule has 1 aromatic carbocycles. The van der Waals surface area contributed by atoms with Crippen LogP contribution in [-0.4, -0.2) is 45.1 Å². The molecular weight excluding hydrogens is 420 g/mol. The summed E-state index contributed by atoms with van der Waals surface area (Å²) in [5.41, 5.74) is -0.123. The molecule has 0 aliphatic carbocycles. The average molecular weight is 442 g/mol. The summed E-state index contributed by atoms with van der Waals surface area (Å²) in [4.78, 5) is 10.1. The largest absolute Gasteiger partial charge is 0.433 e. The van der Waals surface area contributed by atoms with E-state index < -0.39 is 30.0 Å². The summed E-state index contributed by atoms with van der Waals surface area (Å²) in [6, 6.07) is 14.8. The third-order valence-electron chi connectivity index (χ3n) is 4.27. The number of aliphatic hydroxyl groups is 2. The number of hydrogen-bond donors (Lipinski definition) is 2. The Morgan fingerprint density at radius 1 is 1.03 bits per heavy atom. The van der Waals surface area contributed by atoms with Gasteiger partial charge in [0.1, 0.15) is 11.8 Å². The van der Waals surface area contributed by atoms with Crippen molar-refractivity contribution in [2.24, 2.45) is 0 Å². The van der Waals surface area contributed by atoms with Crippen molar-refractivity contribution in [2.75, 3.05) is 6.61 Å².